The molecule has 6 rings (SSSR count). The third-order valence-corrected chi connectivity index (χ3v) is 8.34. The molecule has 186 valence electrons. The highest BCUT2D eigenvalue weighted by atomic mass is 16.2. The van der Waals surface area contributed by atoms with Crippen molar-refractivity contribution in [1.82, 2.24) is 30.7 Å². The molecule has 3 unspecified atom stereocenters. The maximum absolute atomic E-state index is 13.1. The first kappa shape index (κ1) is 22.5. The molecular formula is C25H32N6O4. The summed E-state index contributed by atoms with van der Waals surface area (Å²) in [7, 11) is 0. The Balaban J connectivity index is 1.14. The van der Waals surface area contributed by atoms with Crippen molar-refractivity contribution < 1.29 is 19.2 Å². The molecule has 3 N–H and O–H groups in total. The highest BCUT2D eigenvalue weighted by Crippen LogP contribution is 2.32. The molecule has 0 aromatic heterocycles. The van der Waals surface area contributed by atoms with Gasteiger partial charge >= 0.3 is 6.03 Å². The largest absolute Gasteiger partial charge is 0.332 e. The van der Waals surface area contributed by atoms with Crippen molar-refractivity contribution in [1.29, 1.82) is 0 Å². The monoisotopic (exact) mass is 480 g/mol. The van der Waals surface area contributed by atoms with E-state index in [-0.39, 0.29) is 42.3 Å². The molecule has 10 nitrogen and oxygen atoms in total. The van der Waals surface area contributed by atoms with Gasteiger partial charge in [0.25, 0.3) is 5.91 Å². The lowest BCUT2D eigenvalue weighted by Crippen LogP contribution is -2.53. The maximum Gasteiger partial charge on any atom is 0.318 e. The van der Waals surface area contributed by atoms with E-state index in [9.17, 15) is 19.2 Å². The lowest BCUT2D eigenvalue weighted by Gasteiger charge is -2.40. The molecule has 0 radical (unpaired) electrons. The summed E-state index contributed by atoms with van der Waals surface area (Å²) in [5.41, 5.74) is 2.70. The van der Waals surface area contributed by atoms with Crippen LogP contribution in [0.5, 0.6) is 0 Å². The predicted molar refractivity (Wildman–Crippen MR) is 126 cm³/mol. The van der Waals surface area contributed by atoms with E-state index in [0.29, 0.717) is 31.1 Å². The number of rotatable bonds is 4. The Labute approximate surface area is 204 Å². The van der Waals surface area contributed by atoms with Crippen LogP contribution in [0.1, 0.15) is 53.6 Å². The van der Waals surface area contributed by atoms with Gasteiger partial charge in [0.15, 0.2) is 0 Å². The molecule has 1 aromatic carbocycles. The van der Waals surface area contributed by atoms with Crippen LogP contribution < -0.4 is 16.0 Å². The van der Waals surface area contributed by atoms with Gasteiger partial charge in [0.05, 0.1) is 12.1 Å². The van der Waals surface area contributed by atoms with E-state index >= 15 is 0 Å². The number of fused-ring (bicyclic) bond motifs is 2. The van der Waals surface area contributed by atoms with Gasteiger partial charge < -0.3 is 20.4 Å². The zero-order chi connectivity index (χ0) is 24.1. The predicted octanol–water partition coefficient (Wildman–Crippen LogP) is 0.168. The molecule has 0 aliphatic carbocycles. The summed E-state index contributed by atoms with van der Waals surface area (Å²) in [6.45, 7) is 4.69. The second-order valence-electron chi connectivity index (χ2n) is 10.4. The highest BCUT2D eigenvalue weighted by Gasteiger charge is 2.46. The molecule has 35 heavy (non-hydrogen) atoms. The fourth-order valence-electron chi connectivity index (χ4n) is 6.57. The molecule has 4 saturated heterocycles. The summed E-state index contributed by atoms with van der Waals surface area (Å²) in [6, 6.07) is 5.93. The van der Waals surface area contributed by atoms with Crippen molar-refractivity contribution in [3.63, 3.8) is 0 Å². The van der Waals surface area contributed by atoms with E-state index in [1.54, 1.807) is 4.90 Å². The Bertz CT molecular complexity index is 1070. The minimum atomic E-state index is -0.606. The standard InChI is InChI=1S/C25H32N6O4/c32-22-5-4-21(23(33)28-22)30-13-18-15(2-1-3-17(18)24(30)34)12-29-11-8-20-19(14-29)27-25(35)31(20)16-6-9-26-10-7-16/h1-3,16,19-21,26H,4-14H2,(H,27,35)(H,28,32,33). The number of carbonyl (C=O) groups is 4. The average Bonchev–Trinajstić information content (AvgIpc) is 3.36. The van der Waals surface area contributed by atoms with Crippen LogP contribution in [0.15, 0.2) is 18.2 Å². The molecular weight excluding hydrogens is 448 g/mol. The number of hydrogen-bond acceptors (Lipinski definition) is 6. The number of amides is 5. The molecule has 10 heteroatoms. The Kier molecular flexibility index (Phi) is 5.72. The maximum atomic E-state index is 13.1. The van der Waals surface area contributed by atoms with Gasteiger partial charge in [0, 0.05) is 44.2 Å². The summed E-state index contributed by atoms with van der Waals surface area (Å²) in [4.78, 5) is 56.0. The van der Waals surface area contributed by atoms with Crippen LogP contribution in [0.3, 0.4) is 0 Å². The topological polar surface area (TPSA) is 114 Å². The minimum Gasteiger partial charge on any atom is -0.332 e. The van der Waals surface area contributed by atoms with Gasteiger partial charge in [0.2, 0.25) is 11.8 Å². The van der Waals surface area contributed by atoms with E-state index < -0.39 is 6.04 Å². The van der Waals surface area contributed by atoms with E-state index in [0.717, 1.165) is 56.6 Å². The van der Waals surface area contributed by atoms with Gasteiger partial charge in [-0.05, 0) is 56.0 Å². The SMILES string of the molecule is O=C1CCC(N2Cc3c(CN4CCC5C(C4)NC(=O)N5C4CCNCC4)cccc3C2=O)C(=O)N1. The number of likely N-dealkylation sites (tertiary alicyclic amines) is 1. The van der Waals surface area contributed by atoms with Crippen molar-refractivity contribution in [2.24, 2.45) is 0 Å². The normalized spacial score (nSPS) is 29.8. The Hall–Kier alpha value is -2.98. The van der Waals surface area contributed by atoms with Crippen LogP contribution in [0.2, 0.25) is 0 Å². The van der Waals surface area contributed by atoms with Crippen LogP contribution in [-0.2, 0) is 22.7 Å². The molecule has 5 amide bonds. The Morgan fingerprint density at radius 2 is 1.83 bits per heavy atom. The van der Waals surface area contributed by atoms with Gasteiger partial charge in [-0.25, -0.2) is 4.79 Å². The molecule has 3 atom stereocenters. The first-order chi connectivity index (χ1) is 17.0. The van der Waals surface area contributed by atoms with Crippen molar-refractivity contribution in [2.45, 2.75) is 69.4 Å². The Morgan fingerprint density at radius 1 is 1.00 bits per heavy atom. The van der Waals surface area contributed by atoms with E-state index in [1.807, 2.05) is 12.1 Å². The van der Waals surface area contributed by atoms with Crippen molar-refractivity contribution in [2.75, 3.05) is 26.2 Å². The smallest absolute Gasteiger partial charge is 0.318 e. The van der Waals surface area contributed by atoms with Gasteiger partial charge in [0.1, 0.15) is 6.04 Å². The third kappa shape index (κ3) is 3.98. The lowest BCUT2D eigenvalue weighted by atomic mass is 9.95. The molecule has 1 aromatic rings. The third-order valence-electron chi connectivity index (χ3n) is 8.34. The number of nitrogens with one attached hydrogen (secondary N) is 3. The zero-order valence-electron chi connectivity index (χ0n) is 19.8. The average molecular weight is 481 g/mol. The summed E-state index contributed by atoms with van der Waals surface area (Å²) in [5.74, 6) is -0.811. The van der Waals surface area contributed by atoms with Gasteiger partial charge in [-0.2, -0.15) is 0 Å². The Morgan fingerprint density at radius 3 is 2.63 bits per heavy atom. The molecule has 5 aliphatic heterocycles. The second kappa shape index (κ2) is 8.91. The minimum absolute atomic E-state index is 0.0693. The number of carbonyl (C=O) groups excluding carboxylic acids is 4. The first-order valence-corrected chi connectivity index (χ1v) is 12.8. The quantitative estimate of drug-likeness (QED) is 0.530. The fraction of sp³-hybridized carbons (Fsp3) is 0.600. The highest BCUT2D eigenvalue weighted by molar-refractivity contribution is 6.05. The number of hydrogen-bond donors (Lipinski definition) is 3. The van der Waals surface area contributed by atoms with Crippen LogP contribution in [-0.4, -0.2) is 88.8 Å². The number of nitrogens with zero attached hydrogens (tertiary/aromatic N) is 3. The fourth-order valence-corrected chi connectivity index (χ4v) is 6.57. The van der Waals surface area contributed by atoms with Crippen LogP contribution in [0.25, 0.3) is 0 Å². The molecule has 0 saturated carbocycles. The second-order valence-corrected chi connectivity index (χ2v) is 10.4. The van der Waals surface area contributed by atoms with Crippen molar-refractivity contribution >= 4 is 23.8 Å². The number of urea groups is 1. The first-order valence-electron chi connectivity index (χ1n) is 12.8. The summed E-state index contributed by atoms with van der Waals surface area (Å²) in [6.07, 6.45) is 3.56. The van der Waals surface area contributed by atoms with Gasteiger partial charge in [-0.1, -0.05) is 12.1 Å². The molecule has 0 spiro atoms. The van der Waals surface area contributed by atoms with E-state index in [1.165, 1.54) is 0 Å². The van der Waals surface area contributed by atoms with Crippen molar-refractivity contribution in [3.05, 3.63) is 34.9 Å². The zero-order valence-corrected chi connectivity index (χ0v) is 19.8. The van der Waals surface area contributed by atoms with E-state index in [4.69, 9.17) is 0 Å². The number of benzene rings is 1. The molecule has 5 heterocycles. The van der Waals surface area contributed by atoms with Crippen LogP contribution >= 0.6 is 0 Å². The summed E-state index contributed by atoms with van der Waals surface area (Å²) < 4.78 is 0. The number of piperidine rings is 3. The molecule has 4 fully saturated rings. The van der Waals surface area contributed by atoms with Crippen molar-refractivity contribution in [3.8, 4) is 0 Å². The summed E-state index contributed by atoms with van der Waals surface area (Å²) in [5, 5.41) is 8.97. The van der Waals surface area contributed by atoms with Crippen LogP contribution in [0, 0.1) is 0 Å². The van der Waals surface area contributed by atoms with Gasteiger partial charge in [-0.3, -0.25) is 24.6 Å². The van der Waals surface area contributed by atoms with Crippen LogP contribution in [0.4, 0.5) is 4.79 Å². The lowest BCUT2D eigenvalue weighted by molar-refractivity contribution is -0.136. The summed E-state index contributed by atoms with van der Waals surface area (Å²) >= 11 is 0. The molecule has 0 bridgehead atoms. The molecule has 5 aliphatic rings. The van der Waals surface area contributed by atoms with E-state index in [2.05, 4.69) is 31.8 Å². The number of imide groups is 1. The van der Waals surface area contributed by atoms with Gasteiger partial charge in [-0.15, -0.1) is 0 Å².